The molecule has 0 nitrogen and oxygen atoms in total. The SMILES string of the molecule is FC(F)(F)SC(F)(F)Cl. The van der Waals surface area contributed by atoms with Gasteiger partial charge < -0.3 is 0 Å². The number of thioether (sulfide) groups is 1. The predicted octanol–water partition coefficient (Wildman–Crippen LogP) is 3.03. The van der Waals surface area contributed by atoms with Gasteiger partial charge in [0, 0.05) is 11.8 Å². The number of alkyl halides is 6. The lowest BCUT2D eigenvalue weighted by molar-refractivity contribution is -0.0373. The van der Waals surface area contributed by atoms with E-state index in [0.717, 1.165) is 0 Å². The van der Waals surface area contributed by atoms with E-state index in [2.05, 4.69) is 11.6 Å². The van der Waals surface area contributed by atoms with Crippen molar-refractivity contribution in [2.24, 2.45) is 0 Å². The number of halogens is 6. The zero-order valence-electron chi connectivity index (χ0n) is 3.68. The molecule has 56 valence electrons. The second-order valence-corrected chi connectivity index (χ2v) is 2.87. The first-order valence-electron chi connectivity index (χ1n) is 1.54. The van der Waals surface area contributed by atoms with Gasteiger partial charge in [-0.3, -0.25) is 0 Å². The predicted molar refractivity (Wildman–Crippen MR) is 24.4 cm³/mol. The number of hydrogen-bond acceptors (Lipinski definition) is 1. The monoisotopic (exact) mass is 186 g/mol. The minimum absolute atomic E-state index is 1.55. The normalized spacial score (nSPS) is 14.0. The molecule has 0 aromatic heterocycles. The third-order valence-electron chi connectivity index (χ3n) is 0.231. The fraction of sp³-hybridized carbons (Fsp3) is 1.00. The molecule has 0 rings (SSSR count). The van der Waals surface area contributed by atoms with Crippen molar-refractivity contribution in [2.75, 3.05) is 0 Å². The molecule has 0 saturated heterocycles. The highest BCUT2D eigenvalue weighted by atomic mass is 35.5. The van der Waals surface area contributed by atoms with Crippen LogP contribution in [-0.4, -0.2) is 10.2 Å². The highest BCUT2D eigenvalue weighted by Gasteiger charge is 2.43. The van der Waals surface area contributed by atoms with Gasteiger partial charge in [0.05, 0.1) is 0 Å². The summed E-state index contributed by atoms with van der Waals surface area (Å²) in [5, 5.41) is 0. The molecule has 0 saturated carbocycles. The summed E-state index contributed by atoms with van der Waals surface area (Å²) in [5.41, 5.74) is -4.98. The van der Waals surface area contributed by atoms with Gasteiger partial charge in [0.25, 0.3) is 0 Å². The van der Waals surface area contributed by atoms with Crippen molar-refractivity contribution in [3.05, 3.63) is 0 Å². The van der Waals surface area contributed by atoms with Crippen molar-refractivity contribution in [1.29, 1.82) is 0 Å². The summed E-state index contributed by atoms with van der Waals surface area (Å²) >= 11 is 2.37. The molecule has 7 heteroatoms. The molecular formula is C2ClF5S. The molecule has 0 aromatic carbocycles. The van der Waals surface area contributed by atoms with Gasteiger partial charge in [0.1, 0.15) is 0 Å². The van der Waals surface area contributed by atoms with Gasteiger partial charge >= 0.3 is 10.2 Å². The maximum absolute atomic E-state index is 11.2. The largest absolute Gasteiger partial charge is 0.448 e. The lowest BCUT2D eigenvalue weighted by Gasteiger charge is -2.08. The summed E-state index contributed by atoms with van der Waals surface area (Å²) in [4.78, 5) is 0. The van der Waals surface area contributed by atoms with Gasteiger partial charge in [-0.15, -0.1) is 0 Å². The fourth-order valence-corrected chi connectivity index (χ4v) is 0.656. The van der Waals surface area contributed by atoms with Crippen LogP contribution >= 0.6 is 23.4 Å². The zero-order chi connectivity index (χ0) is 7.71. The van der Waals surface area contributed by atoms with E-state index in [9.17, 15) is 22.0 Å². The molecule has 0 aliphatic carbocycles. The first kappa shape index (κ1) is 9.29. The lowest BCUT2D eigenvalue weighted by atomic mass is 11.5. The Bertz CT molecular complexity index is 80.1. The van der Waals surface area contributed by atoms with Gasteiger partial charge in [-0.25, -0.2) is 0 Å². The Morgan fingerprint density at radius 2 is 1.33 bits per heavy atom. The quantitative estimate of drug-likeness (QED) is 0.448. The van der Waals surface area contributed by atoms with Crippen molar-refractivity contribution < 1.29 is 22.0 Å². The fourth-order valence-electron chi connectivity index (χ4n) is 0.131. The van der Waals surface area contributed by atoms with Crippen LogP contribution in [0.2, 0.25) is 0 Å². The molecule has 0 radical (unpaired) electrons. The molecule has 0 heterocycles. The number of rotatable bonds is 1. The van der Waals surface area contributed by atoms with Gasteiger partial charge in [0.2, 0.25) is 0 Å². The van der Waals surface area contributed by atoms with E-state index in [-0.39, 0.29) is 0 Å². The molecule has 0 aliphatic rings. The standard InChI is InChI=1S/C2ClF5S/c3-1(4,5)9-2(6,7)8. The molecule has 0 bridgehead atoms. The van der Waals surface area contributed by atoms with Gasteiger partial charge in [-0.2, -0.15) is 22.0 Å². The third kappa shape index (κ3) is 8.29. The molecule has 0 unspecified atom stereocenters. The van der Waals surface area contributed by atoms with Gasteiger partial charge in [-0.1, -0.05) is 0 Å². The van der Waals surface area contributed by atoms with E-state index < -0.39 is 22.0 Å². The van der Waals surface area contributed by atoms with E-state index in [1.807, 2.05) is 0 Å². The summed E-state index contributed by atoms with van der Waals surface area (Å²) in [5.74, 6) is 0. The summed E-state index contributed by atoms with van der Waals surface area (Å²) in [6.45, 7) is 0. The smallest absolute Gasteiger partial charge is 0.177 e. The molecule has 0 fully saturated rings. The van der Waals surface area contributed by atoms with E-state index in [0.29, 0.717) is 0 Å². The average molecular weight is 187 g/mol. The van der Waals surface area contributed by atoms with Crippen LogP contribution in [0.1, 0.15) is 0 Å². The minimum atomic E-state index is -4.98. The highest BCUT2D eigenvalue weighted by molar-refractivity contribution is 8.02. The van der Waals surface area contributed by atoms with E-state index >= 15 is 0 Å². The average Bonchev–Trinajstić information content (AvgIpc) is 1.14. The van der Waals surface area contributed by atoms with Crippen molar-refractivity contribution in [3.63, 3.8) is 0 Å². The van der Waals surface area contributed by atoms with Crippen LogP contribution in [0.25, 0.3) is 0 Å². The lowest BCUT2D eigenvalue weighted by Crippen LogP contribution is -2.10. The topological polar surface area (TPSA) is 0 Å². The van der Waals surface area contributed by atoms with Crippen LogP contribution in [0, 0.1) is 0 Å². The Labute approximate surface area is 56.4 Å². The van der Waals surface area contributed by atoms with Crippen LogP contribution < -0.4 is 0 Å². The maximum atomic E-state index is 11.2. The van der Waals surface area contributed by atoms with Crippen molar-refractivity contribution in [1.82, 2.24) is 0 Å². The van der Waals surface area contributed by atoms with E-state index in [4.69, 9.17) is 0 Å². The Kier molecular flexibility index (Phi) is 2.57. The summed E-state index contributed by atoms with van der Waals surface area (Å²) in [6, 6.07) is 0. The summed E-state index contributed by atoms with van der Waals surface area (Å²) in [6.07, 6.45) is 0. The Hall–Kier alpha value is 0.290. The molecule has 0 aliphatic heterocycles. The van der Waals surface area contributed by atoms with Gasteiger partial charge in [0.15, 0.2) is 0 Å². The molecule has 0 N–H and O–H groups in total. The Morgan fingerprint density at radius 3 is 1.33 bits per heavy atom. The molecule has 9 heavy (non-hydrogen) atoms. The minimum Gasteiger partial charge on any atom is -0.177 e. The van der Waals surface area contributed by atoms with Crippen LogP contribution in [0.4, 0.5) is 22.0 Å². The maximum Gasteiger partial charge on any atom is 0.448 e. The number of hydrogen-bond donors (Lipinski definition) is 0. The molecule has 0 atom stereocenters. The van der Waals surface area contributed by atoms with Crippen LogP contribution in [0.5, 0.6) is 0 Å². The van der Waals surface area contributed by atoms with Crippen molar-refractivity contribution in [2.45, 2.75) is 10.2 Å². The molecular weight excluding hydrogens is 187 g/mol. The second-order valence-electron chi connectivity index (χ2n) is 0.994. The van der Waals surface area contributed by atoms with Crippen LogP contribution in [-0.2, 0) is 0 Å². The highest BCUT2D eigenvalue weighted by Crippen LogP contribution is 2.44. The first-order chi connectivity index (χ1) is 3.71. The summed E-state index contributed by atoms with van der Waals surface area (Å²) < 4.78 is 51.1. The molecule has 0 spiro atoms. The summed E-state index contributed by atoms with van der Waals surface area (Å²) in [7, 11) is 0. The van der Waals surface area contributed by atoms with Crippen LogP contribution in [0.15, 0.2) is 0 Å². The van der Waals surface area contributed by atoms with Gasteiger partial charge in [-0.05, 0) is 11.6 Å². The van der Waals surface area contributed by atoms with E-state index in [1.165, 1.54) is 0 Å². The molecule has 0 amide bonds. The van der Waals surface area contributed by atoms with E-state index in [1.54, 1.807) is 0 Å². The molecule has 0 aromatic rings. The Morgan fingerprint density at radius 1 is 1.00 bits per heavy atom. The van der Waals surface area contributed by atoms with Crippen molar-refractivity contribution >= 4 is 23.4 Å². The second kappa shape index (κ2) is 2.49. The zero-order valence-corrected chi connectivity index (χ0v) is 5.25. The third-order valence-corrected chi connectivity index (χ3v) is 0.926. The van der Waals surface area contributed by atoms with Crippen molar-refractivity contribution in [3.8, 4) is 0 Å². The Balaban J connectivity index is 3.75. The first-order valence-corrected chi connectivity index (χ1v) is 2.74. The van der Waals surface area contributed by atoms with Crippen LogP contribution in [0.3, 0.4) is 0 Å².